The standard InChI is InChI=1S/C15H9BrN2O/c16-12-4-6-14(18-9-12)15(19)11-3-5-13-10(8-11)2-1-7-17-13/h1-9H. The molecule has 3 aromatic rings. The van der Waals surface area contributed by atoms with Gasteiger partial charge in [-0.2, -0.15) is 0 Å². The SMILES string of the molecule is O=C(c1ccc2ncccc2c1)c1ccc(Br)cn1. The molecule has 92 valence electrons. The van der Waals surface area contributed by atoms with E-state index < -0.39 is 0 Å². The van der Waals surface area contributed by atoms with Crippen LogP contribution < -0.4 is 0 Å². The number of nitrogens with zero attached hydrogens (tertiary/aromatic N) is 2. The Balaban J connectivity index is 2.04. The fourth-order valence-electron chi connectivity index (χ4n) is 1.87. The van der Waals surface area contributed by atoms with Gasteiger partial charge in [-0.3, -0.25) is 14.8 Å². The number of pyridine rings is 2. The number of ketones is 1. The van der Waals surface area contributed by atoms with Crippen LogP contribution in [0.3, 0.4) is 0 Å². The molecule has 0 atom stereocenters. The molecule has 3 rings (SSSR count). The van der Waals surface area contributed by atoms with E-state index in [9.17, 15) is 4.79 Å². The maximum Gasteiger partial charge on any atom is 0.211 e. The number of benzene rings is 1. The first-order chi connectivity index (χ1) is 9.24. The van der Waals surface area contributed by atoms with Crippen molar-refractivity contribution in [3.05, 3.63) is 70.6 Å². The smallest absolute Gasteiger partial charge is 0.211 e. The summed E-state index contributed by atoms with van der Waals surface area (Å²) in [7, 11) is 0. The summed E-state index contributed by atoms with van der Waals surface area (Å²) in [6, 6.07) is 12.8. The Bertz CT molecular complexity index is 753. The summed E-state index contributed by atoms with van der Waals surface area (Å²) in [5.74, 6) is -0.0850. The minimum Gasteiger partial charge on any atom is -0.287 e. The lowest BCUT2D eigenvalue weighted by atomic mass is 10.1. The average molecular weight is 313 g/mol. The van der Waals surface area contributed by atoms with Gasteiger partial charge in [0.15, 0.2) is 0 Å². The predicted octanol–water partition coefficient (Wildman–Crippen LogP) is 3.62. The Kier molecular flexibility index (Phi) is 3.09. The maximum absolute atomic E-state index is 12.3. The third-order valence-electron chi connectivity index (χ3n) is 2.83. The molecule has 0 radical (unpaired) electrons. The fraction of sp³-hybridized carbons (Fsp3) is 0. The zero-order chi connectivity index (χ0) is 13.2. The Morgan fingerprint density at radius 2 is 1.95 bits per heavy atom. The lowest BCUT2D eigenvalue weighted by molar-refractivity contribution is 0.103. The lowest BCUT2D eigenvalue weighted by Crippen LogP contribution is -2.03. The van der Waals surface area contributed by atoms with Gasteiger partial charge in [-0.25, -0.2) is 0 Å². The van der Waals surface area contributed by atoms with Crippen molar-refractivity contribution in [1.29, 1.82) is 0 Å². The summed E-state index contributed by atoms with van der Waals surface area (Å²) >= 11 is 3.30. The van der Waals surface area contributed by atoms with E-state index in [-0.39, 0.29) is 5.78 Å². The first kappa shape index (κ1) is 12.0. The van der Waals surface area contributed by atoms with Crippen LogP contribution >= 0.6 is 15.9 Å². The zero-order valence-electron chi connectivity index (χ0n) is 9.88. The predicted molar refractivity (Wildman–Crippen MR) is 77.1 cm³/mol. The van der Waals surface area contributed by atoms with Crippen molar-refractivity contribution in [2.24, 2.45) is 0 Å². The van der Waals surface area contributed by atoms with Crippen LogP contribution in [0, 0.1) is 0 Å². The lowest BCUT2D eigenvalue weighted by Gasteiger charge is -2.02. The van der Waals surface area contributed by atoms with Crippen molar-refractivity contribution in [2.45, 2.75) is 0 Å². The van der Waals surface area contributed by atoms with Crippen LogP contribution in [-0.2, 0) is 0 Å². The Morgan fingerprint density at radius 1 is 1.05 bits per heavy atom. The molecule has 0 bridgehead atoms. The molecule has 0 aliphatic carbocycles. The molecular formula is C15H9BrN2O. The molecule has 2 aromatic heterocycles. The molecule has 2 heterocycles. The molecule has 0 saturated carbocycles. The first-order valence-electron chi connectivity index (χ1n) is 5.75. The minimum atomic E-state index is -0.0850. The van der Waals surface area contributed by atoms with Crippen molar-refractivity contribution in [3.63, 3.8) is 0 Å². The number of carbonyl (C=O) groups is 1. The van der Waals surface area contributed by atoms with E-state index in [2.05, 4.69) is 25.9 Å². The van der Waals surface area contributed by atoms with Crippen molar-refractivity contribution in [3.8, 4) is 0 Å². The molecule has 0 saturated heterocycles. The monoisotopic (exact) mass is 312 g/mol. The van der Waals surface area contributed by atoms with Gasteiger partial charge in [0.1, 0.15) is 5.69 Å². The summed E-state index contributed by atoms with van der Waals surface area (Å²) in [5, 5.41) is 0.950. The molecule has 0 aliphatic rings. The molecule has 4 heteroatoms. The molecule has 0 fully saturated rings. The molecule has 0 spiro atoms. The van der Waals surface area contributed by atoms with Crippen molar-refractivity contribution in [2.75, 3.05) is 0 Å². The van der Waals surface area contributed by atoms with Crippen LogP contribution in [0.2, 0.25) is 0 Å². The number of halogens is 1. The third kappa shape index (κ3) is 2.39. The van der Waals surface area contributed by atoms with E-state index in [0.717, 1.165) is 15.4 Å². The van der Waals surface area contributed by atoms with Crippen molar-refractivity contribution in [1.82, 2.24) is 9.97 Å². The van der Waals surface area contributed by atoms with Crippen molar-refractivity contribution < 1.29 is 4.79 Å². The number of fused-ring (bicyclic) bond motifs is 1. The van der Waals surface area contributed by atoms with E-state index in [4.69, 9.17) is 0 Å². The second-order valence-corrected chi connectivity index (χ2v) is 5.02. The van der Waals surface area contributed by atoms with Gasteiger partial charge in [0.05, 0.1) is 5.52 Å². The molecule has 0 aliphatic heterocycles. The van der Waals surface area contributed by atoms with Crippen LogP contribution in [0.15, 0.2) is 59.3 Å². The molecule has 0 unspecified atom stereocenters. The Labute approximate surface area is 118 Å². The Hall–Kier alpha value is -2.07. The minimum absolute atomic E-state index is 0.0850. The summed E-state index contributed by atoms with van der Waals surface area (Å²) in [6.07, 6.45) is 3.36. The number of aromatic nitrogens is 2. The summed E-state index contributed by atoms with van der Waals surface area (Å²) in [4.78, 5) is 20.7. The van der Waals surface area contributed by atoms with E-state index in [1.165, 1.54) is 0 Å². The first-order valence-corrected chi connectivity index (χ1v) is 6.54. The highest BCUT2D eigenvalue weighted by Gasteiger charge is 2.10. The van der Waals surface area contributed by atoms with Crippen LogP contribution in [0.1, 0.15) is 16.1 Å². The zero-order valence-corrected chi connectivity index (χ0v) is 11.5. The van der Waals surface area contributed by atoms with Gasteiger partial charge in [0.25, 0.3) is 0 Å². The highest BCUT2D eigenvalue weighted by Crippen LogP contribution is 2.16. The molecular weight excluding hydrogens is 304 g/mol. The summed E-state index contributed by atoms with van der Waals surface area (Å²) < 4.78 is 0.853. The maximum atomic E-state index is 12.3. The number of rotatable bonds is 2. The number of hydrogen-bond acceptors (Lipinski definition) is 3. The van der Waals surface area contributed by atoms with Gasteiger partial charge in [0.2, 0.25) is 5.78 Å². The number of hydrogen-bond donors (Lipinski definition) is 0. The van der Waals surface area contributed by atoms with Gasteiger partial charge in [-0.1, -0.05) is 6.07 Å². The third-order valence-corrected chi connectivity index (χ3v) is 3.29. The molecule has 19 heavy (non-hydrogen) atoms. The van der Waals surface area contributed by atoms with Crippen molar-refractivity contribution >= 4 is 32.6 Å². The van der Waals surface area contributed by atoms with Crippen LogP contribution in [0.5, 0.6) is 0 Å². The molecule has 0 N–H and O–H groups in total. The highest BCUT2D eigenvalue weighted by molar-refractivity contribution is 9.10. The fourth-order valence-corrected chi connectivity index (χ4v) is 2.11. The average Bonchev–Trinajstić information content (AvgIpc) is 2.47. The second-order valence-electron chi connectivity index (χ2n) is 4.10. The quantitative estimate of drug-likeness (QED) is 0.679. The van der Waals surface area contributed by atoms with E-state index in [0.29, 0.717) is 11.3 Å². The van der Waals surface area contributed by atoms with Gasteiger partial charge in [0, 0.05) is 27.8 Å². The molecule has 1 aromatic carbocycles. The highest BCUT2D eigenvalue weighted by atomic mass is 79.9. The van der Waals surface area contributed by atoms with Crippen LogP contribution in [0.25, 0.3) is 10.9 Å². The van der Waals surface area contributed by atoms with E-state index >= 15 is 0 Å². The molecule has 0 amide bonds. The van der Waals surface area contributed by atoms with Gasteiger partial charge in [-0.15, -0.1) is 0 Å². The van der Waals surface area contributed by atoms with Gasteiger partial charge >= 0.3 is 0 Å². The van der Waals surface area contributed by atoms with E-state index in [1.807, 2.05) is 30.3 Å². The van der Waals surface area contributed by atoms with Crippen LogP contribution in [0.4, 0.5) is 0 Å². The van der Waals surface area contributed by atoms with E-state index in [1.54, 1.807) is 24.5 Å². The number of carbonyl (C=O) groups excluding carboxylic acids is 1. The van der Waals surface area contributed by atoms with Gasteiger partial charge in [-0.05, 0) is 52.3 Å². The normalized spacial score (nSPS) is 10.6. The topological polar surface area (TPSA) is 42.9 Å². The molecule has 3 nitrogen and oxygen atoms in total. The Morgan fingerprint density at radius 3 is 2.74 bits per heavy atom. The summed E-state index contributed by atoms with van der Waals surface area (Å²) in [5.41, 5.74) is 1.93. The summed E-state index contributed by atoms with van der Waals surface area (Å²) in [6.45, 7) is 0. The van der Waals surface area contributed by atoms with Crippen LogP contribution in [-0.4, -0.2) is 15.8 Å². The van der Waals surface area contributed by atoms with Gasteiger partial charge < -0.3 is 0 Å². The largest absolute Gasteiger partial charge is 0.287 e. The second kappa shape index (κ2) is 4.90.